The number of aliphatic hydroxyl groups excluding tert-OH is 1. The number of Topliss-reactive ketones (excluding diaryl/α,β-unsaturated/α-hetero) is 1. The van der Waals surface area contributed by atoms with Crippen LogP contribution in [0.3, 0.4) is 0 Å². The average Bonchev–Trinajstić information content (AvgIpc) is 2.45. The Balaban J connectivity index is 2.63. The van der Waals surface area contributed by atoms with Gasteiger partial charge in [-0.15, -0.1) is 0 Å². The van der Waals surface area contributed by atoms with Gasteiger partial charge in [0.25, 0.3) is 0 Å². The number of allylic oxidation sites excluding steroid dienone is 1. The Kier molecular flexibility index (Phi) is 1.93. The summed E-state index contributed by atoms with van der Waals surface area (Å²) in [6, 6.07) is 6.94. The zero-order chi connectivity index (χ0) is 10.1. The second-order valence-corrected chi connectivity index (χ2v) is 2.96. The first-order valence-corrected chi connectivity index (χ1v) is 4.31. The molecule has 0 radical (unpaired) electrons. The molecule has 1 N–H and O–H groups in total. The fourth-order valence-electron chi connectivity index (χ4n) is 1.50. The third-order valence-corrected chi connectivity index (χ3v) is 2.12. The molecule has 3 nitrogen and oxygen atoms in total. The summed E-state index contributed by atoms with van der Waals surface area (Å²) in [5.74, 6) is -0.236. The van der Waals surface area contributed by atoms with Crippen molar-refractivity contribution in [3.8, 4) is 0 Å². The SMILES string of the molecule is CC=NC1=C(O)c2ccccc2C1=O. The lowest BCUT2D eigenvalue weighted by Gasteiger charge is -1.94. The second-order valence-electron chi connectivity index (χ2n) is 2.96. The molecule has 0 aromatic heterocycles. The summed E-state index contributed by atoms with van der Waals surface area (Å²) < 4.78 is 0. The molecular weight excluding hydrogens is 178 g/mol. The van der Waals surface area contributed by atoms with Crippen molar-refractivity contribution in [3.63, 3.8) is 0 Å². The lowest BCUT2D eigenvalue weighted by Crippen LogP contribution is -1.96. The maximum absolute atomic E-state index is 11.7. The highest BCUT2D eigenvalue weighted by molar-refractivity contribution is 6.19. The Morgan fingerprint density at radius 1 is 1.29 bits per heavy atom. The molecule has 2 rings (SSSR count). The van der Waals surface area contributed by atoms with Crippen LogP contribution >= 0.6 is 0 Å². The lowest BCUT2D eigenvalue weighted by atomic mass is 10.1. The number of benzene rings is 1. The number of ketones is 1. The van der Waals surface area contributed by atoms with Gasteiger partial charge in [0.05, 0.1) is 0 Å². The third kappa shape index (κ3) is 1.06. The number of carbonyl (C=O) groups excluding carboxylic acids is 1. The fraction of sp³-hybridized carbons (Fsp3) is 0.0909. The molecule has 0 bridgehead atoms. The normalized spacial score (nSPS) is 15.4. The molecule has 70 valence electrons. The van der Waals surface area contributed by atoms with Crippen molar-refractivity contribution < 1.29 is 9.90 Å². The number of nitrogens with zero attached hydrogens (tertiary/aromatic N) is 1. The van der Waals surface area contributed by atoms with Crippen LogP contribution in [-0.4, -0.2) is 17.1 Å². The summed E-state index contributed by atoms with van der Waals surface area (Å²) in [6.45, 7) is 1.70. The first-order chi connectivity index (χ1) is 6.75. The van der Waals surface area contributed by atoms with Crippen molar-refractivity contribution in [2.75, 3.05) is 0 Å². The molecule has 0 atom stereocenters. The molecular formula is C11H9NO2. The maximum Gasteiger partial charge on any atom is 0.215 e. The fourth-order valence-corrected chi connectivity index (χ4v) is 1.50. The lowest BCUT2D eigenvalue weighted by molar-refractivity contribution is 0.103. The van der Waals surface area contributed by atoms with Gasteiger partial charge in [0.2, 0.25) is 5.78 Å². The van der Waals surface area contributed by atoms with Gasteiger partial charge in [-0.3, -0.25) is 9.79 Å². The minimum atomic E-state index is -0.212. The van der Waals surface area contributed by atoms with Gasteiger partial charge in [-0.25, -0.2) is 0 Å². The molecule has 1 aromatic carbocycles. The molecule has 0 unspecified atom stereocenters. The molecule has 3 heteroatoms. The van der Waals surface area contributed by atoms with E-state index in [0.29, 0.717) is 11.1 Å². The smallest absolute Gasteiger partial charge is 0.215 e. The zero-order valence-electron chi connectivity index (χ0n) is 7.69. The van der Waals surface area contributed by atoms with Crippen molar-refractivity contribution in [2.24, 2.45) is 4.99 Å². The van der Waals surface area contributed by atoms with Crippen LogP contribution in [0, 0.1) is 0 Å². The molecule has 0 aliphatic heterocycles. The molecule has 1 aliphatic rings. The first-order valence-electron chi connectivity index (χ1n) is 4.31. The van der Waals surface area contributed by atoms with Gasteiger partial charge >= 0.3 is 0 Å². The number of aliphatic imine (C=N–C) groups is 1. The van der Waals surface area contributed by atoms with Crippen LogP contribution in [0.1, 0.15) is 22.8 Å². The Labute approximate surface area is 81.4 Å². The van der Waals surface area contributed by atoms with E-state index in [9.17, 15) is 9.90 Å². The second kappa shape index (κ2) is 3.10. The van der Waals surface area contributed by atoms with Gasteiger partial charge in [-0.1, -0.05) is 24.3 Å². The van der Waals surface area contributed by atoms with Gasteiger partial charge in [-0.05, 0) is 6.92 Å². The summed E-state index contributed by atoms with van der Waals surface area (Å²) in [6.07, 6.45) is 1.50. The minimum Gasteiger partial charge on any atom is -0.505 e. The monoisotopic (exact) mass is 187 g/mol. The summed E-state index contributed by atoms with van der Waals surface area (Å²) >= 11 is 0. The molecule has 0 amide bonds. The number of rotatable bonds is 1. The Bertz CT molecular complexity index is 458. The van der Waals surface area contributed by atoms with E-state index in [-0.39, 0.29) is 17.2 Å². The van der Waals surface area contributed by atoms with E-state index in [2.05, 4.69) is 4.99 Å². The Morgan fingerprint density at radius 2 is 1.93 bits per heavy atom. The number of hydrogen-bond donors (Lipinski definition) is 1. The first kappa shape index (κ1) is 8.69. The van der Waals surface area contributed by atoms with E-state index in [1.165, 1.54) is 6.21 Å². The van der Waals surface area contributed by atoms with E-state index in [1.807, 2.05) is 0 Å². The summed E-state index contributed by atoms with van der Waals surface area (Å²) in [5.41, 5.74) is 1.22. The van der Waals surface area contributed by atoms with Crippen LogP contribution in [0.5, 0.6) is 0 Å². The van der Waals surface area contributed by atoms with Crippen LogP contribution in [0.25, 0.3) is 5.76 Å². The van der Waals surface area contributed by atoms with Gasteiger partial charge < -0.3 is 5.11 Å². The van der Waals surface area contributed by atoms with Gasteiger partial charge in [0, 0.05) is 17.3 Å². The van der Waals surface area contributed by atoms with Crippen LogP contribution in [0.4, 0.5) is 0 Å². The maximum atomic E-state index is 11.7. The van der Waals surface area contributed by atoms with Gasteiger partial charge in [-0.2, -0.15) is 0 Å². The predicted octanol–water partition coefficient (Wildman–Crippen LogP) is 2.20. The standard InChI is InChI=1S/C11H9NO2/c1-2-12-9-10(13)7-5-3-4-6-8(7)11(9)14/h2-6,13H,1H3. The van der Waals surface area contributed by atoms with Gasteiger partial charge in [0.15, 0.2) is 11.5 Å². The number of aliphatic hydroxyl groups is 1. The van der Waals surface area contributed by atoms with Crippen LogP contribution in [0.15, 0.2) is 35.0 Å². The van der Waals surface area contributed by atoms with E-state index in [4.69, 9.17) is 0 Å². The largest absolute Gasteiger partial charge is 0.505 e. The summed E-state index contributed by atoms with van der Waals surface area (Å²) in [7, 11) is 0. The Hall–Kier alpha value is -1.90. The number of carbonyl (C=O) groups is 1. The van der Waals surface area contributed by atoms with Crippen LogP contribution < -0.4 is 0 Å². The number of hydrogen-bond acceptors (Lipinski definition) is 3. The van der Waals surface area contributed by atoms with Crippen molar-refractivity contribution in [1.82, 2.24) is 0 Å². The molecule has 0 saturated heterocycles. The molecule has 0 heterocycles. The van der Waals surface area contributed by atoms with Crippen molar-refractivity contribution in [2.45, 2.75) is 6.92 Å². The average molecular weight is 187 g/mol. The quantitative estimate of drug-likeness (QED) is 0.685. The zero-order valence-corrected chi connectivity index (χ0v) is 7.69. The molecule has 0 fully saturated rings. The predicted molar refractivity (Wildman–Crippen MR) is 54.5 cm³/mol. The van der Waals surface area contributed by atoms with E-state index >= 15 is 0 Å². The van der Waals surface area contributed by atoms with Crippen LogP contribution in [-0.2, 0) is 0 Å². The highest BCUT2D eigenvalue weighted by Crippen LogP contribution is 2.30. The van der Waals surface area contributed by atoms with E-state index in [1.54, 1.807) is 31.2 Å². The Morgan fingerprint density at radius 3 is 2.50 bits per heavy atom. The minimum absolute atomic E-state index is 0.0244. The highest BCUT2D eigenvalue weighted by Gasteiger charge is 2.28. The van der Waals surface area contributed by atoms with Crippen molar-refractivity contribution in [3.05, 3.63) is 41.1 Å². The molecule has 1 aromatic rings. The molecule has 0 saturated carbocycles. The molecule has 14 heavy (non-hydrogen) atoms. The van der Waals surface area contributed by atoms with Gasteiger partial charge in [0.1, 0.15) is 0 Å². The summed E-state index contributed by atoms with van der Waals surface area (Å²) in [5, 5.41) is 9.69. The van der Waals surface area contributed by atoms with Crippen molar-refractivity contribution in [1.29, 1.82) is 0 Å². The van der Waals surface area contributed by atoms with Crippen LogP contribution in [0.2, 0.25) is 0 Å². The number of fused-ring (bicyclic) bond motifs is 1. The van der Waals surface area contributed by atoms with E-state index < -0.39 is 0 Å². The highest BCUT2D eigenvalue weighted by atomic mass is 16.3. The van der Waals surface area contributed by atoms with Crippen molar-refractivity contribution >= 4 is 17.8 Å². The molecule has 1 aliphatic carbocycles. The third-order valence-electron chi connectivity index (χ3n) is 2.12. The summed E-state index contributed by atoms with van der Waals surface area (Å²) in [4.78, 5) is 15.5. The topological polar surface area (TPSA) is 49.7 Å². The van der Waals surface area contributed by atoms with E-state index in [0.717, 1.165) is 0 Å². The molecule has 0 spiro atoms.